The molecule has 0 saturated carbocycles. The van der Waals surface area contributed by atoms with Crippen LogP contribution >= 0.6 is 15.9 Å². The van der Waals surface area contributed by atoms with E-state index in [9.17, 15) is 4.79 Å². The van der Waals surface area contributed by atoms with Crippen LogP contribution in [0.5, 0.6) is 11.5 Å². The van der Waals surface area contributed by atoms with Gasteiger partial charge in [-0.25, -0.2) is 0 Å². The van der Waals surface area contributed by atoms with Crippen LogP contribution in [0.1, 0.15) is 31.7 Å². The number of halogens is 1. The summed E-state index contributed by atoms with van der Waals surface area (Å²) in [4.78, 5) is 11.5. The highest BCUT2D eigenvalue weighted by atomic mass is 79.9. The number of amides is 1. The molecule has 0 bridgehead atoms. The first-order valence-corrected chi connectivity index (χ1v) is 7.30. The van der Waals surface area contributed by atoms with E-state index in [1.54, 1.807) is 0 Å². The Labute approximate surface area is 120 Å². The SMILES string of the molecule is CCC1(Cc2cc(Br)c3c(c2)OCO3)CCC(=O)N1. The number of rotatable bonds is 3. The first-order valence-electron chi connectivity index (χ1n) is 6.51. The highest BCUT2D eigenvalue weighted by Gasteiger charge is 2.36. The fraction of sp³-hybridized carbons (Fsp3) is 0.500. The van der Waals surface area contributed by atoms with Crippen molar-refractivity contribution in [1.29, 1.82) is 0 Å². The lowest BCUT2D eigenvalue weighted by Gasteiger charge is -2.28. The number of carbonyl (C=O) groups excluding carboxylic acids is 1. The van der Waals surface area contributed by atoms with Crippen LogP contribution in [0.2, 0.25) is 0 Å². The molecule has 0 spiro atoms. The summed E-state index contributed by atoms with van der Waals surface area (Å²) in [6.45, 7) is 2.39. The summed E-state index contributed by atoms with van der Waals surface area (Å²) >= 11 is 3.51. The van der Waals surface area contributed by atoms with E-state index in [1.807, 2.05) is 6.07 Å². The second kappa shape index (κ2) is 4.71. The molecule has 2 aliphatic heterocycles. The summed E-state index contributed by atoms with van der Waals surface area (Å²) in [5, 5.41) is 3.13. The van der Waals surface area contributed by atoms with Crippen molar-refractivity contribution in [1.82, 2.24) is 5.32 Å². The maximum atomic E-state index is 11.5. The van der Waals surface area contributed by atoms with Crippen LogP contribution in [0.25, 0.3) is 0 Å². The van der Waals surface area contributed by atoms with Gasteiger partial charge in [-0.1, -0.05) is 6.92 Å². The predicted octanol–water partition coefficient (Wildman–Crippen LogP) is 2.78. The second-order valence-corrected chi connectivity index (χ2v) is 6.02. The lowest BCUT2D eigenvalue weighted by molar-refractivity contribution is -0.119. The molecule has 0 radical (unpaired) electrons. The summed E-state index contributed by atoms with van der Waals surface area (Å²) in [6.07, 6.45) is 3.28. The number of ether oxygens (including phenoxy) is 2. The van der Waals surface area contributed by atoms with E-state index in [4.69, 9.17) is 9.47 Å². The van der Waals surface area contributed by atoms with E-state index in [1.165, 1.54) is 0 Å². The number of fused-ring (bicyclic) bond motifs is 1. The largest absolute Gasteiger partial charge is 0.454 e. The normalized spacial score (nSPS) is 24.6. The number of hydrogen-bond acceptors (Lipinski definition) is 3. The zero-order valence-electron chi connectivity index (χ0n) is 10.8. The monoisotopic (exact) mass is 325 g/mol. The van der Waals surface area contributed by atoms with Gasteiger partial charge in [-0.15, -0.1) is 0 Å². The molecule has 2 heterocycles. The van der Waals surface area contributed by atoms with Crippen LogP contribution in [-0.2, 0) is 11.2 Å². The van der Waals surface area contributed by atoms with Crippen LogP contribution in [0.3, 0.4) is 0 Å². The fourth-order valence-corrected chi connectivity index (χ4v) is 3.41. The van der Waals surface area contributed by atoms with Crippen LogP contribution in [0.15, 0.2) is 16.6 Å². The molecule has 1 aromatic rings. The van der Waals surface area contributed by atoms with E-state index in [0.29, 0.717) is 6.42 Å². The average molecular weight is 326 g/mol. The number of benzene rings is 1. The minimum absolute atomic E-state index is 0.107. The third-order valence-corrected chi connectivity index (χ3v) is 4.53. The topological polar surface area (TPSA) is 47.6 Å². The highest BCUT2D eigenvalue weighted by molar-refractivity contribution is 9.10. The first-order chi connectivity index (χ1) is 9.12. The quantitative estimate of drug-likeness (QED) is 0.929. The summed E-state index contributed by atoms with van der Waals surface area (Å²) < 4.78 is 11.7. The molecule has 4 nitrogen and oxygen atoms in total. The molecule has 0 aliphatic carbocycles. The molecular formula is C14H16BrNO3. The van der Waals surface area contributed by atoms with Crippen molar-refractivity contribution in [2.45, 2.75) is 38.1 Å². The van der Waals surface area contributed by atoms with Gasteiger partial charge in [0.1, 0.15) is 0 Å². The van der Waals surface area contributed by atoms with Crippen molar-refractivity contribution in [3.8, 4) is 11.5 Å². The predicted molar refractivity (Wildman–Crippen MR) is 74.4 cm³/mol. The molecule has 3 rings (SSSR count). The molecule has 1 amide bonds. The fourth-order valence-electron chi connectivity index (χ4n) is 2.81. The van der Waals surface area contributed by atoms with Crippen LogP contribution in [0, 0.1) is 0 Å². The van der Waals surface area contributed by atoms with E-state index in [-0.39, 0.29) is 18.2 Å². The second-order valence-electron chi connectivity index (χ2n) is 5.17. The summed E-state index contributed by atoms with van der Waals surface area (Å²) in [6, 6.07) is 4.06. The van der Waals surface area contributed by atoms with Crippen molar-refractivity contribution in [3.63, 3.8) is 0 Å². The lowest BCUT2D eigenvalue weighted by Crippen LogP contribution is -2.42. The molecule has 5 heteroatoms. The highest BCUT2D eigenvalue weighted by Crippen LogP contribution is 2.41. The first kappa shape index (κ1) is 12.8. The molecule has 1 saturated heterocycles. The van der Waals surface area contributed by atoms with Gasteiger partial charge in [0.15, 0.2) is 11.5 Å². The van der Waals surface area contributed by atoms with E-state index in [2.05, 4.69) is 34.2 Å². The lowest BCUT2D eigenvalue weighted by atomic mass is 9.87. The average Bonchev–Trinajstić information content (AvgIpc) is 2.97. The van der Waals surface area contributed by atoms with Crippen molar-refractivity contribution in [2.24, 2.45) is 0 Å². The maximum Gasteiger partial charge on any atom is 0.231 e. The standard InChI is InChI=1S/C14H16BrNO3/c1-2-14(4-3-12(17)16-14)7-9-5-10(15)13-11(6-9)18-8-19-13/h5-6H,2-4,7-8H2,1H3,(H,16,17). The van der Waals surface area contributed by atoms with E-state index >= 15 is 0 Å². The van der Waals surface area contributed by atoms with Crippen LogP contribution in [0.4, 0.5) is 0 Å². The number of nitrogens with one attached hydrogen (secondary N) is 1. The molecule has 1 aromatic carbocycles. The number of carbonyl (C=O) groups is 1. The van der Waals surface area contributed by atoms with Gasteiger partial charge in [0.25, 0.3) is 0 Å². The summed E-state index contributed by atoms with van der Waals surface area (Å²) in [5.41, 5.74) is 1.05. The Bertz CT molecular complexity index is 532. The minimum atomic E-state index is -0.107. The Balaban J connectivity index is 1.87. The van der Waals surface area contributed by atoms with Gasteiger partial charge >= 0.3 is 0 Å². The Hall–Kier alpha value is -1.23. The van der Waals surface area contributed by atoms with E-state index < -0.39 is 0 Å². The molecule has 2 aliphatic rings. The Morgan fingerprint density at radius 2 is 2.26 bits per heavy atom. The zero-order valence-corrected chi connectivity index (χ0v) is 12.4. The van der Waals surface area contributed by atoms with Gasteiger partial charge < -0.3 is 14.8 Å². The van der Waals surface area contributed by atoms with Gasteiger partial charge in [0.05, 0.1) is 4.47 Å². The van der Waals surface area contributed by atoms with Crippen molar-refractivity contribution in [2.75, 3.05) is 6.79 Å². The third-order valence-electron chi connectivity index (χ3n) is 3.94. The van der Waals surface area contributed by atoms with Crippen LogP contribution in [-0.4, -0.2) is 18.2 Å². The smallest absolute Gasteiger partial charge is 0.231 e. The molecule has 102 valence electrons. The van der Waals surface area contributed by atoms with Crippen molar-refractivity contribution in [3.05, 3.63) is 22.2 Å². The maximum absolute atomic E-state index is 11.5. The van der Waals surface area contributed by atoms with E-state index in [0.717, 1.165) is 40.8 Å². The zero-order chi connectivity index (χ0) is 13.5. The molecule has 1 fully saturated rings. The molecule has 1 unspecified atom stereocenters. The Kier molecular flexibility index (Phi) is 3.17. The van der Waals surface area contributed by atoms with Gasteiger partial charge in [-0.2, -0.15) is 0 Å². The van der Waals surface area contributed by atoms with Crippen molar-refractivity contribution < 1.29 is 14.3 Å². The Morgan fingerprint density at radius 1 is 1.42 bits per heavy atom. The molecule has 19 heavy (non-hydrogen) atoms. The van der Waals surface area contributed by atoms with Gasteiger partial charge in [0, 0.05) is 12.0 Å². The number of hydrogen-bond donors (Lipinski definition) is 1. The molecule has 0 aromatic heterocycles. The molecule has 1 atom stereocenters. The van der Waals surface area contributed by atoms with Crippen LogP contribution < -0.4 is 14.8 Å². The third kappa shape index (κ3) is 2.31. The Morgan fingerprint density at radius 3 is 2.95 bits per heavy atom. The van der Waals surface area contributed by atoms with Gasteiger partial charge in [-0.05, 0) is 52.9 Å². The minimum Gasteiger partial charge on any atom is -0.454 e. The summed E-state index contributed by atoms with van der Waals surface area (Å²) in [5.74, 6) is 1.70. The summed E-state index contributed by atoms with van der Waals surface area (Å²) in [7, 11) is 0. The van der Waals surface area contributed by atoms with Gasteiger partial charge in [-0.3, -0.25) is 4.79 Å². The van der Waals surface area contributed by atoms with Gasteiger partial charge in [0.2, 0.25) is 12.7 Å². The molecular weight excluding hydrogens is 310 g/mol. The molecule has 1 N–H and O–H groups in total. The van der Waals surface area contributed by atoms with Crippen molar-refractivity contribution >= 4 is 21.8 Å².